The molecule has 2 rings (SSSR count). The molecule has 0 N–H and O–H groups in total. The molecule has 1 aromatic rings. The summed E-state index contributed by atoms with van der Waals surface area (Å²) < 4.78 is 56.5. The predicted molar refractivity (Wildman–Crippen MR) is 65.3 cm³/mol. The van der Waals surface area contributed by atoms with Crippen LogP contribution in [0.15, 0.2) is 23.1 Å². The zero-order valence-electron chi connectivity index (χ0n) is 10.7. The normalized spacial score (nSPS) is 20.1. The second-order valence-corrected chi connectivity index (χ2v) is 6.29. The molecule has 20 heavy (non-hydrogen) atoms. The number of hydrogen-bond acceptors (Lipinski definition) is 4. The Bertz CT molecular complexity index is 612. The molecule has 1 aliphatic heterocycles. The standard InChI is InChI=1S/C12H13F2NO4S/c1-19-12(16)11-3-2-4-15(11)20(17,18)10-6-8(13)5-9(14)7-10/h5-7,11H,2-4H2,1H3. The highest BCUT2D eigenvalue weighted by Gasteiger charge is 2.40. The van der Waals surface area contributed by atoms with E-state index in [2.05, 4.69) is 4.74 Å². The van der Waals surface area contributed by atoms with Gasteiger partial charge >= 0.3 is 5.97 Å². The number of sulfonamides is 1. The van der Waals surface area contributed by atoms with Crippen molar-refractivity contribution in [1.82, 2.24) is 4.31 Å². The molecule has 0 amide bonds. The first-order chi connectivity index (χ1) is 9.36. The number of benzene rings is 1. The molecule has 1 fully saturated rings. The van der Waals surface area contributed by atoms with Gasteiger partial charge in [0.2, 0.25) is 10.0 Å². The van der Waals surface area contributed by atoms with Crippen molar-refractivity contribution >= 4 is 16.0 Å². The Morgan fingerprint density at radius 1 is 1.30 bits per heavy atom. The Balaban J connectivity index is 2.41. The van der Waals surface area contributed by atoms with Crippen molar-refractivity contribution in [2.45, 2.75) is 23.8 Å². The maximum atomic E-state index is 13.2. The summed E-state index contributed by atoms with van der Waals surface area (Å²) in [5.74, 6) is -2.65. The van der Waals surface area contributed by atoms with Crippen LogP contribution >= 0.6 is 0 Å². The van der Waals surface area contributed by atoms with Crippen molar-refractivity contribution in [2.75, 3.05) is 13.7 Å². The molecule has 1 heterocycles. The molecule has 110 valence electrons. The number of rotatable bonds is 3. The lowest BCUT2D eigenvalue weighted by Crippen LogP contribution is -2.41. The van der Waals surface area contributed by atoms with Gasteiger partial charge < -0.3 is 4.74 Å². The van der Waals surface area contributed by atoms with E-state index in [1.807, 2.05) is 0 Å². The van der Waals surface area contributed by atoms with E-state index in [-0.39, 0.29) is 6.54 Å². The fourth-order valence-corrected chi connectivity index (χ4v) is 3.90. The molecule has 0 radical (unpaired) electrons. The Labute approximate surface area is 115 Å². The van der Waals surface area contributed by atoms with Crippen LogP contribution in [0.3, 0.4) is 0 Å². The maximum absolute atomic E-state index is 13.2. The van der Waals surface area contributed by atoms with E-state index in [0.717, 1.165) is 23.5 Å². The molecule has 1 aromatic carbocycles. The van der Waals surface area contributed by atoms with Crippen molar-refractivity contribution in [3.05, 3.63) is 29.8 Å². The van der Waals surface area contributed by atoms with Crippen LogP contribution < -0.4 is 0 Å². The number of carbonyl (C=O) groups excluding carboxylic acids is 1. The van der Waals surface area contributed by atoms with Crippen molar-refractivity contribution < 1.29 is 26.7 Å². The molecule has 1 unspecified atom stereocenters. The predicted octanol–water partition coefficient (Wildman–Crippen LogP) is 1.29. The summed E-state index contributed by atoms with van der Waals surface area (Å²) in [6, 6.07) is 1.09. The molecular weight excluding hydrogens is 292 g/mol. The third kappa shape index (κ3) is 2.66. The van der Waals surface area contributed by atoms with Crippen LogP contribution in [-0.2, 0) is 19.6 Å². The van der Waals surface area contributed by atoms with Crippen LogP contribution in [0.2, 0.25) is 0 Å². The van der Waals surface area contributed by atoms with Crippen molar-refractivity contribution in [1.29, 1.82) is 0 Å². The molecule has 0 aromatic heterocycles. The Morgan fingerprint density at radius 2 is 1.90 bits per heavy atom. The second kappa shape index (κ2) is 5.45. The van der Waals surface area contributed by atoms with E-state index >= 15 is 0 Å². The molecule has 0 aliphatic carbocycles. The summed E-state index contributed by atoms with van der Waals surface area (Å²) in [5, 5.41) is 0. The van der Waals surface area contributed by atoms with Crippen LogP contribution in [0.25, 0.3) is 0 Å². The molecule has 1 aliphatic rings. The molecule has 8 heteroatoms. The second-order valence-electron chi connectivity index (χ2n) is 4.40. The highest BCUT2D eigenvalue weighted by molar-refractivity contribution is 7.89. The van der Waals surface area contributed by atoms with E-state index < -0.39 is 38.6 Å². The van der Waals surface area contributed by atoms with Crippen molar-refractivity contribution in [3.63, 3.8) is 0 Å². The van der Waals surface area contributed by atoms with Gasteiger partial charge in [-0.1, -0.05) is 0 Å². The molecule has 5 nitrogen and oxygen atoms in total. The molecular formula is C12H13F2NO4S. The first kappa shape index (κ1) is 14.9. The fraction of sp³-hybridized carbons (Fsp3) is 0.417. The third-order valence-electron chi connectivity index (χ3n) is 3.12. The average molecular weight is 305 g/mol. The first-order valence-electron chi connectivity index (χ1n) is 5.92. The van der Waals surface area contributed by atoms with Gasteiger partial charge in [0.1, 0.15) is 17.7 Å². The lowest BCUT2D eigenvalue weighted by Gasteiger charge is -2.22. The number of nitrogens with zero attached hydrogens (tertiary/aromatic N) is 1. The summed E-state index contributed by atoms with van der Waals surface area (Å²) >= 11 is 0. The maximum Gasteiger partial charge on any atom is 0.324 e. The van der Waals surface area contributed by atoms with Gasteiger partial charge in [0.05, 0.1) is 12.0 Å². The first-order valence-corrected chi connectivity index (χ1v) is 7.36. The van der Waals surface area contributed by atoms with E-state index in [4.69, 9.17) is 0 Å². The van der Waals surface area contributed by atoms with E-state index in [1.165, 1.54) is 0 Å². The minimum Gasteiger partial charge on any atom is -0.468 e. The van der Waals surface area contributed by atoms with Gasteiger partial charge in [0.25, 0.3) is 0 Å². The van der Waals surface area contributed by atoms with E-state index in [0.29, 0.717) is 18.9 Å². The monoisotopic (exact) mass is 305 g/mol. The quantitative estimate of drug-likeness (QED) is 0.790. The van der Waals surface area contributed by atoms with Gasteiger partial charge in [-0.3, -0.25) is 4.79 Å². The summed E-state index contributed by atoms with van der Waals surface area (Å²) in [5.41, 5.74) is 0. The molecule has 1 atom stereocenters. The molecule has 1 saturated heterocycles. The average Bonchev–Trinajstić information content (AvgIpc) is 2.86. The van der Waals surface area contributed by atoms with Crippen LogP contribution in [0, 0.1) is 11.6 Å². The molecule has 0 spiro atoms. The lowest BCUT2D eigenvalue weighted by atomic mass is 10.2. The van der Waals surface area contributed by atoms with Gasteiger partial charge in [0, 0.05) is 12.6 Å². The highest BCUT2D eigenvalue weighted by Crippen LogP contribution is 2.27. The minimum atomic E-state index is -4.14. The van der Waals surface area contributed by atoms with Crippen molar-refractivity contribution in [3.8, 4) is 0 Å². The number of ether oxygens (including phenoxy) is 1. The Morgan fingerprint density at radius 3 is 2.45 bits per heavy atom. The summed E-state index contributed by atoms with van der Waals surface area (Å²) in [7, 11) is -2.98. The highest BCUT2D eigenvalue weighted by atomic mass is 32.2. The zero-order chi connectivity index (χ0) is 14.9. The summed E-state index contributed by atoms with van der Waals surface area (Å²) in [4.78, 5) is 11.1. The number of carbonyl (C=O) groups is 1. The number of hydrogen-bond donors (Lipinski definition) is 0. The minimum absolute atomic E-state index is 0.111. The smallest absolute Gasteiger partial charge is 0.324 e. The number of esters is 1. The van der Waals surface area contributed by atoms with Gasteiger partial charge in [0.15, 0.2) is 0 Å². The number of methoxy groups -OCH3 is 1. The van der Waals surface area contributed by atoms with Crippen LogP contribution in [0.4, 0.5) is 8.78 Å². The van der Waals surface area contributed by atoms with Crippen LogP contribution in [-0.4, -0.2) is 38.4 Å². The lowest BCUT2D eigenvalue weighted by molar-refractivity contribution is -0.144. The van der Waals surface area contributed by atoms with E-state index in [1.54, 1.807) is 0 Å². The SMILES string of the molecule is COC(=O)C1CCCN1S(=O)(=O)c1cc(F)cc(F)c1. The van der Waals surface area contributed by atoms with Crippen LogP contribution in [0.5, 0.6) is 0 Å². The Hall–Kier alpha value is -1.54. The Kier molecular flexibility index (Phi) is 4.05. The molecule has 0 saturated carbocycles. The van der Waals surface area contributed by atoms with Gasteiger partial charge in [-0.25, -0.2) is 17.2 Å². The summed E-state index contributed by atoms with van der Waals surface area (Å²) in [6.45, 7) is 0.111. The fourth-order valence-electron chi connectivity index (χ4n) is 2.21. The molecule has 0 bridgehead atoms. The van der Waals surface area contributed by atoms with Crippen molar-refractivity contribution in [2.24, 2.45) is 0 Å². The summed E-state index contributed by atoms with van der Waals surface area (Å²) in [6.07, 6.45) is 0.806. The third-order valence-corrected chi connectivity index (χ3v) is 5.01. The topological polar surface area (TPSA) is 63.7 Å². The largest absolute Gasteiger partial charge is 0.468 e. The van der Waals surface area contributed by atoms with E-state index in [9.17, 15) is 22.0 Å². The zero-order valence-corrected chi connectivity index (χ0v) is 11.5. The van der Waals surface area contributed by atoms with Crippen LogP contribution in [0.1, 0.15) is 12.8 Å². The van der Waals surface area contributed by atoms with Gasteiger partial charge in [-0.05, 0) is 25.0 Å². The van der Waals surface area contributed by atoms with Gasteiger partial charge in [-0.15, -0.1) is 0 Å². The van der Waals surface area contributed by atoms with Gasteiger partial charge in [-0.2, -0.15) is 4.31 Å². The number of halogens is 2.